The van der Waals surface area contributed by atoms with E-state index in [1.54, 1.807) is 6.07 Å². The van der Waals surface area contributed by atoms with E-state index in [0.29, 0.717) is 17.5 Å². The second kappa shape index (κ2) is 16.7. The number of halogens is 3. The molecule has 0 spiro atoms. The van der Waals surface area contributed by atoms with Crippen LogP contribution < -0.4 is 20.7 Å². The summed E-state index contributed by atoms with van der Waals surface area (Å²) in [6.45, 7) is 0.670. The standard InChI is InChI=1S/C27H28ClF2N7O4.C2H4O2/c1-36-20(18-7-8-21(41-12-9-31)24(30)23(18)29)14-34-25(36)27(40)35-16-5-6-17(19(28)13-16)26(39)33-11-10-32-22(38)15-37(2,3)4;1-4-2-3/h5-8,13-14H,10-12,15H2,1-4H3,(H2-,32,33,35,38,39,40);2H,1H3/p+1. The molecular formula is C29H33ClF2N7O6+. The number of likely N-dealkylation sites (N-methyl/N-ethyl adjacent to an activating group) is 1. The number of carbonyl (C=O) groups excluding carboxylic acids is 4. The fourth-order valence-corrected chi connectivity index (χ4v) is 4.01. The molecule has 16 heteroatoms. The van der Waals surface area contributed by atoms with Gasteiger partial charge in [-0.15, -0.1) is 0 Å². The number of methoxy groups -OCH3 is 1. The molecule has 1 aromatic heterocycles. The molecule has 0 fully saturated rings. The highest BCUT2D eigenvalue weighted by atomic mass is 35.5. The van der Waals surface area contributed by atoms with Crippen LogP contribution in [0.5, 0.6) is 5.75 Å². The van der Waals surface area contributed by atoms with Gasteiger partial charge in [0.15, 0.2) is 30.5 Å². The van der Waals surface area contributed by atoms with Crippen LogP contribution in [0.4, 0.5) is 14.5 Å². The number of amides is 3. The van der Waals surface area contributed by atoms with E-state index >= 15 is 0 Å². The number of anilines is 1. The fourth-order valence-electron chi connectivity index (χ4n) is 3.75. The van der Waals surface area contributed by atoms with Crippen LogP contribution in [0, 0.1) is 23.0 Å². The summed E-state index contributed by atoms with van der Waals surface area (Å²) in [4.78, 5) is 50.2. The summed E-state index contributed by atoms with van der Waals surface area (Å²) in [7, 11) is 8.45. The van der Waals surface area contributed by atoms with Crippen LogP contribution in [0.2, 0.25) is 5.02 Å². The summed E-state index contributed by atoms with van der Waals surface area (Å²) in [6, 6.07) is 8.40. The van der Waals surface area contributed by atoms with E-state index in [4.69, 9.17) is 26.4 Å². The van der Waals surface area contributed by atoms with Crippen molar-refractivity contribution in [2.24, 2.45) is 7.05 Å². The van der Waals surface area contributed by atoms with Crippen LogP contribution in [0.15, 0.2) is 36.5 Å². The SMILES string of the molecule is COC=O.Cn1c(-c2ccc(OCC#N)c(F)c2F)cnc1C(=O)Nc1ccc(C(=O)NCCNC(=O)C[N+](C)(C)C)c(Cl)c1. The van der Waals surface area contributed by atoms with Gasteiger partial charge in [-0.25, -0.2) is 9.37 Å². The third-order valence-electron chi connectivity index (χ3n) is 5.72. The molecule has 1 heterocycles. The molecule has 3 aromatic rings. The molecule has 0 bridgehead atoms. The lowest BCUT2D eigenvalue weighted by atomic mass is 10.1. The Labute approximate surface area is 263 Å². The number of nitrogens with zero attached hydrogens (tertiary/aromatic N) is 4. The van der Waals surface area contributed by atoms with Gasteiger partial charge in [0, 0.05) is 31.4 Å². The third-order valence-corrected chi connectivity index (χ3v) is 6.04. The van der Waals surface area contributed by atoms with Crippen LogP contribution in [0.1, 0.15) is 21.0 Å². The summed E-state index contributed by atoms with van der Waals surface area (Å²) in [5.74, 6) is -4.26. The molecule has 13 nitrogen and oxygen atoms in total. The minimum absolute atomic E-state index is 0.0751. The molecule has 0 aliphatic heterocycles. The van der Waals surface area contributed by atoms with Crippen LogP contribution in [-0.4, -0.2) is 92.7 Å². The first-order valence-corrected chi connectivity index (χ1v) is 13.5. The topological polar surface area (TPSA) is 164 Å². The highest BCUT2D eigenvalue weighted by Gasteiger charge is 2.22. The molecule has 0 aliphatic carbocycles. The lowest BCUT2D eigenvalue weighted by Gasteiger charge is -2.22. The lowest BCUT2D eigenvalue weighted by Crippen LogP contribution is -2.45. The highest BCUT2D eigenvalue weighted by molar-refractivity contribution is 6.34. The van der Waals surface area contributed by atoms with Crippen molar-refractivity contribution in [2.75, 3.05) is 59.8 Å². The molecule has 0 aliphatic rings. The molecule has 0 saturated carbocycles. The van der Waals surface area contributed by atoms with Crippen molar-refractivity contribution in [1.82, 2.24) is 20.2 Å². The molecule has 0 radical (unpaired) electrons. The molecule has 0 saturated heterocycles. The minimum atomic E-state index is -1.27. The maximum Gasteiger partial charge on any atom is 0.292 e. The summed E-state index contributed by atoms with van der Waals surface area (Å²) in [5, 5.41) is 16.6. The van der Waals surface area contributed by atoms with E-state index in [1.807, 2.05) is 21.1 Å². The summed E-state index contributed by atoms with van der Waals surface area (Å²) >= 11 is 6.27. The molecule has 3 amide bonds. The van der Waals surface area contributed by atoms with Crippen molar-refractivity contribution in [3.8, 4) is 23.1 Å². The van der Waals surface area contributed by atoms with Gasteiger partial charge in [0.1, 0.15) is 6.07 Å². The van der Waals surface area contributed by atoms with Gasteiger partial charge in [0.05, 0.1) is 50.7 Å². The number of carbonyl (C=O) groups is 4. The zero-order valence-electron chi connectivity index (χ0n) is 25.2. The quantitative estimate of drug-likeness (QED) is 0.153. The first-order valence-electron chi connectivity index (χ1n) is 13.2. The van der Waals surface area contributed by atoms with Crippen LogP contribution in [0.25, 0.3) is 11.3 Å². The molecule has 240 valence electrons. The van der Waals surface area contributed by atoms with Gasteiger partial charge in [0.2, 0.25) is 5.82 Å². The second-order valence-electron chi connectivity index (χ2n) is 10.2. The minimum Gasteiger partial charge on any atom is -0.476 e. The summed E-state index contributed by atoms with van der Waals surface area (Å²) < 4.78 is 39.6. The monoisotopic (exact) mass is 648 g/mol. The van der Waals surface area contributed by atoms with E-state index in [2.05, 4.69) is 25.7 Å². The molecule has 3 N–H and O–H groups in total. The molecule has 0 unspecified atom stereocenters. The average molecular weight is 649 g/mol. The van der Waals surface area contributed by atoms with Crippen molar-refractivity contribution < 1.29 is 41.9 Å². The Morgan fingerprint density at radius 3 is 2.36 bits per heavy atom. The van der Waals surface area contributed by atoms with Gasteiger partial charge in [-0.1, -0.05) is 11.6 Å². The number of aromatic nitrogens is 2. The normalized spacial score (nSPS) is 10.5. The van der Waals surface area contributed by atoms with Gasteiger partial charge in [-0.2, -0.15) is 9.65 Å². The van der Waals surface area contributed by atoms with Gasteiger partial charge in [-0.05, 0) is 30.3 Å². The number of ether oxygens (including phenoxy) is 2. The lowest BCUT2D eigenvalue weighted by molar-refractivity contribution is -0.862. The van der Waals surface area contributed by atoms with Crippen molar-refractivity contribution in [2.45, 2.75) is 0 Å². The summed E-state index contributed by atoms with van der Waals surface area (Å²) in [6.07, 6.45) is 1.22. The highest BCUT2D eigenvalue weighted by Crippen LogP contribution is 2.30. The Hall–Kier alpha value is -5.07. The van der Waals surface area contributed by atoms with Crippen LogP contribution in [-0.2, 0) is 21.4 Å². The second-order valence-corrected chi connectivity index (χ2v) is 10.7. The maximum atomic E-state index is 14.7. The van der Waals surface area contributed by atoms with Crippen molar-refractivity contribution in [1.29, 1.82) is 5.26 Å². The summed E-state index contributed by atoms with van der Waals surface area (Å²) in [5.41, 5.74) is 0.399. The Balaban J connectivity index is 0.00000166. The Bertz CT molecular complexity index is 1580. The van der Waals surface area contributed by atoms with Gasteiger partial charge < -0.3 is 34.5 Å². The molecular weight excluding hydrogens is 616 g/mol. The Morgan fingerprint density at radius 2 is 1.76 bits per heavy atom. The predicted octanol–water partition coefficient (Wildman–Crippen LogP) is 2.51. The van der Waals surface area contributed by atoms with Crippen molar-refractivity contribution in [3.63, 3.8) is 0 Å². The van der Waals surface area contributed by atoms with Gasteiger partial charge in [-0.3, -0.25) is 19.2 Å². The Kier molecular flexibility index (Phi) is 13.4. The van der Waals surface area contributed by atoms with Gasteiger partial charge in [0.25, 0.3) is 24.2 Å². The first-order chi connectivity index (χ1) is 21.2. The number of nitriles is 1. The number of hydrogen-bond donors (Lipinski definition) is 3. The van der Waals surface area contributed by atoms with Crippen molar-refractivity contribution >= 4 is 41.5 Å². The number of nitrogens with one attached hydrogen (secondary N) is 3. The number of imidazole rings is 1. The Morgan fingerprint density at radius 1 is 1.09 bits per heavy atom. The number of hydrogen-bond acceptors (Lipinski definition) is 8. The van der Waals surface area contributed by atoms with E-state index in [9.17, 15) is 23.2 Å². The number of rotatable bonds is 12. The molecule has 3 rings (SSSR count). The first kappa shape index (κ1) is 36.1. The van der Waals surface area contributed by atoms with E-state index in [0.717, 1.165) is 0 Å². The van der Waals surface area contributed by atoms with Gasteiger partial charge >= 0.3 is 0 Å². The number of quaternary nitrogens is 1. The smallest absolute Gasteiger partial charge is 0.292 e. The van der Waals surface area contributed by atoms with Crippen LogP contribution >= 0.6 is 11.6 Å². The maximum absolute atomic E-state index is 14.7. The third kappa shape index (κ3) is 10.6. The predicted molar refractivity (Wildman–Crippen MR) is 160 cm³/mol. The largest absolute Gasteiger partial charge is 0.476 e. The number of benzene rings is 2. The fraction of sp³-hybridized carbons (Fsp3) is 0.310. The van der Waals surface area contributed by atoms with E-state index in [1.165, 1.54) is 55.3 Å². The van der Waals surface area contributed by atoms with Crippen LogP contribution in [0.3, 0.4) is 0 Å². The molecule has 45 heavy (non-hydrogen) atoms. The van der Waals surface area contributed by atoms with E-state index < -0.39 is 35.8 Å². The molecule has 0 atom stereocenters. The average Bonchev–Trinajstić information content (AvgIpc) is 3.36. The van der Waals surface area contributed by atoms with Crippen molar-refractivity contribution in [3.05, 3.63) is 64.6 Å². The zero-order valence-corrected chi connectivity index (χ0v) is 26.0. The molecule has 2 aromatic carbocycles. The zero-order chi connectivity index (χ0) is 33.7. The van der Waals surface area contributed by atoms with E-state index in [-0.39, 0.29) is 52.4 Å².